The highest BCUT2D eigenvalue weighted by Gasteiger charge is 2.18. The highest BCUT2D eigenvalue weighted by molar-refractivity contribution is 5.64. The molecule has 0 aliphatic heterocycles. The van der Waals surface area contributed by atoms with Crippen LogP contribution in [0.1, 0.15) is 44.1 Å². The molecular weight excluding hydrogens is 326 g/mol. The topological polar surface area (TPSA) is 0 Å². The summed E-state index contributed by atoms with van der Waals surface area (Å²) < 4.78 is 26.4. The molecule has 0 saturated heterocycles. The Morgan fingerprint density at radius 3 is 2.27 bits per heavy atom. The number of rotatable bonds is 4. The van der Waals surface area contributed by atoms with Gasteiger partial charge in [-0.25, -0.2) is 8.78 Å². The maximum atomic E-state index is 13.4. The average molecular weight is 350 g/mol. The lowest BCUT2D eigenvalue weighted by atomic mass is 9.80. The maximum Gasteiger partial charge on any atom is 0.159 e. The Bertz CT molecular complexity index is 800. The van der Waals surface area contributed by atoms with E-state index in [1.807, 2.05) is 30.3 Å². The van der Waals surface area contributed by atoms with Crippen molar-refractivity contribution < 1.29 is 8.78 Å². The quantitative estimate of drug-likeness (QED) is 0.422. The number of halogens is 2. The van der Waals surface area contributed by atoms with E-state index >= 15 is 0 Å². The molecule has 0 aromatic heterocycles. The summed E-state index contributed by atoms with van der Waals surface area (Å²) in [5.74, 6) is 6.36. The largest absolute Gasteiger partial charge is 0.204 e. The Morgan fingerprint density at radius 2 is 1.62 bits per heavy atom. The van der Waals surface area contributed by atoms with E-state index in [1.165, 1.54) is 38.2 Å². The van der Waals surface area contributed by atoms with Gasteiger partial charge in [-0.2, -0.15) is 0 Å². The minimum absolute atomic E-state index is 0.487. The van der Waals surface area contributed by atoms with Crippen molar-refractivity contribution in [3.63, 3.8) is 0 Å². The molecule has 2 heteroatoms. The van der Waals surface area contributed by atoms with Crippen molar-refractivity contribution in [2.75, 3.05) is 0 Å². The molecule has 2 aromatic rings. The Hall–Kier alpha value is -2.40. The minimum atomic E-state index is -0.824. The third kappa shape index (κ3) is 4.82. The minimum Gasteiger partial charge on any atom is -0.204 e. The van der Waals surface area contributed by atoms with E-state index < -0.39 is 11.6 Å². The molecule has 0 N–H and O–H groups in total. The fourth-order valence-electron chi connectivity index (χ4n) is 3.56. The summed E-state index contributed by atoms with van der Waals surface area (Å²) in [6.45, 7) is 3.80. The van der Waals surface area contributed by atoms with Gasteiger partial charge in [0.25, 0.3) is 0 Å². The molecular formula is C24H24F2. The lowest BCUT2D eigenvalue weighted by Crippen LogP contribution is -2.13. The first-order valence-corrected chi connectivity index (χ1v) is 9.33. The van der Waals surface area contributed by atoms with Crippen molar-refractivity contribution in [3.8, 4) is 23.0 Å². The predicted octanol–water partition coefficient (Wildman–Crippen LogP) is 6.76. The van der Waals surface area contributed by atoms with Gasteiger partial charge in [-0.3, -0.25) is 0 Å². The van der Waals surface area contributed by atoms with Crippen molar-refractivity contribution in [2.45, 2.75) is 38.5 Å². The summed E-state index contributed by atoms with van der Waals surface area (Å²) in [7, 11) is 0. The lowest BCUT2D eigenvalue weighted by Gasteiger charge is -2.25. The molecule has 0 radical (unpaired) electrons. The van der Waals surface area contributed by atoms with Gasteiger partial charge in [0.1, 0.15) is 0 Å². The fourth-order valence-corrected chi connectivity index (χ4v) is 3.56. The van der Waals surface area contributed by atoms with Crippen LogP contribution < -0.4 is 0 Å². The third-order valence-electron chi connectivity index (χ3n) is 5.18. The summed E-state index contributed by atoms with van der Waals surface area (Å²) in [4.78, 5) is 0. The summed E-state index contributed by atoms with van der Waals surface area (Å²) in [5.41, 5.74) is 2.49. The van der Waals surface area contributed by atoms with E-state index in [-0.39, 0.29) is 0 Å². The molecule has 1 fully saturated rings. The van der Waals surface area contributed by atoms with Gasteiger partial charge in [0.05, 0.1) is 0 Å². The number of benzene rings is 2. The van der Waals surface area contributed by atoms with Crippen molar-refractivity contribution in [2.24, 2.45) is 11.8 Å². The molecule has 134 valence electrons. The zero-order chi connectivity index (χ0) is 18.4. The van der Waals surface area contributed by atoms with E-state index in [9.17, 15) is 8.78 Å². The van der Waals surface area contributed by atoms with Gasteiger partial charge in [-0.05, 0) is 79.8 Å². The van der Waals surface area contributed by atoms with E-state index in [4.69, 9.17) is 0 Å². The van der Waals surface area contributed by atoms with Gasteiger partial charge in [0, 0.05) is 11.5 Å². The van der Waals surface area contributed by atoms with Crippen LogP contribution in [0.4, 0.5) is 8.78 Å². The molecule has 0 amide bonds. The van der Waals surface area contributed by atoms with E-state index in [0.29, 0.717) is 11.5 Å². The zero-order valence-electron chi connectivity index (χ0n) is 15.0. The molecule has 0 atom stereocenters. The number of allylic oxidation sites excluding steroid dienone is 1. The molecule has 0 spiro atoms. The lowest BCUT2D eigenvalue weighted by molar-refractivity contribution is 0.303. The molecule has 3 rings (SSSR count). The van der Waals surface area contributed by atoms with Crippen LogP contribution >= 0.6 is 0 Å². The number of hydrogen-bond acceptors (Lipinski definition) is 0. The van der Waals surface area contributed by atoms with Gasteiger partial charge in [-0.1, -0.05) is 36.1 Å². The normalized spacial score (nSPS) is 19.5. The second-order valence-electron chi connectivity index (χ2n) is 7.06. The molecule has 0 bridgehead atoms. The monoisotopic (exact) mass is 350 g/mol. The van der Waals surface area contributed by atoms with Crippen molar-refractivity contribution >= 4 is 0 Å². The first kappa shape index (κ1) is 18.4. The highest BCUT2D eigenvalue weighted by Crippen LogP contribution is 2.31. The molecule has 0 nitrogen and oxygen atoms in total. The van der Waals surface area contributed by atoms with Crippen LogP contribution in [-0.2, 0) is 0 Å². The Balaban J connectivity index is 1.59. The van der Waals surface area contributed by atoms with Crippen LogP contribution in [0.15, 0.2) is 55.1 Å². The highest BCUT2D eigenvalue weighted by atomic mass is 19.2. The van der Waals surface area contributed by atoms with Gasteiger partial charge in [0.2, 0.25) is 0 Å². The number of hydrogen-bond donors (Lipinski definition) is 0. The third-order valence-corrected chi connectivity index (χ3v) is 5.18. The van der Waals surface area contributed by atoms with Crippen LogP contribution in [-0.4, -0.2) is 0 Å². The summed E-state index contributed by atoms with van der Waals surface area (Å²) in [6.07, 6.45) is 9.28. The maximum absolute atomic E-state index is 13.4. The Labute approximate surface area is 155 Å². The summed E-state index contributed by atoms with van der Waals surface area (Å²) in [6, 6.07) is 11.7. The van der Waals surface area contributed by atoms with Crippen LogP contribution in [0.5, 0.6) is 0 Å². The van der Waals surface area contributed by atoms with Crippen LogP contribution in [0, 0.1) is 35.3 Å². The van der Waals surface area contributed by atoms with Gasteiger partial charge in [-0.15, -0.1) is 6.58 Å². The van der Waals surface area contributed by atoms with Crippen molar-refractivity contribution in [1.29, 1.82) is 0 Å². The van der Waals surface area contributed by atoms with Crippen molar-refractivity contribution in [1.82, 2.24) is 0 Å². The van der Waals surface area contributed by atoms with Gasteiger partial charge >= 0.3 is 0 Å². The standard InChI is InChI=1S/C24H24F2/c1-2-3-4-18-5-7-19(8-6-18)9-10-20-11-13-21(14-12-20)22-15-16-23(25)24(26)17-22/h2,11-19H,1,3-8H2/t18-,19-. The summed E-state index contributed by atoms with van der Waals surface area (Å²) in [5, 5.41) is 0. The average Bonchev–Trinajstić information content (AvgIpc) is 2.68. The predicted molar refractivity (Wildman–Crippen MR) is 104 cm³/mol. The van der Waals surface area contributed by atoms with E-state index in [0.717, 1.165) is 29.5 Å². The molecule has 26 heavy (non-hydrogen) atoms. The molecule has 2 aromatic carbocycles. The molecule has 1 aliphatic rings. The van der Waals surface area contributed by atoms with Crippen LogP contribution in [0.25, 0.3) is 11.1 Å². The van der Waals surface area contributed by atoms with Crippen LogP contribution in [0.2, 0.25) is 0 Å². The Kier molecular flexibility index (Phi) is 6.23. The molecule has 1 aliphatic carbocycles. The first-order valence-electron chi connectivity index (χ1n) is 9.33. The second kappa shape index (κ2) is 8.81. The molecule has 0 heterocycles. The van der Waals surface area contributed by atoms with Crippen molar-refractivity contribution in [3.05, 3.63) is 72.3 Å². The first-order chi connectivity index (χ1) is 12.7. The Morgan fingerprint density at radius 1 is 0.923 bits per heavy atom. The smallest absolute Gasteiger partial charge is 0.159 e. The second-order valence-corrected chi connectivity index (χ2v) is 7.06. The van der Waals surface area contributed by atoms with E-state index in [1.54, 1.807) is 6.07 Å². The van der Waals surface area contributed by atoms with Gasteiger partial charge in [0.15, 0.2) is 11.6 Å². The summed E-state index contributed by atoms with van der Waals surface area (Å²) >= 11 is 0. The fraction of sp³-hybridized carbons (Fsp3) is 0.333. The SMILES string of the molecule is C=CCC[C@H]1CC[C@H](C#Cc2ccc(-c3ccc(F)c(F)c3)cc2)CC1. The van der Waals surface area contributed by atoms with Crippen LogP contribution in [0.3, 0.4) is 0 Å². The van der Waals surface area contributed by atoms with E-state index in [2.05, 4.69) is 18.4 Å². The zero-order valence-corrected chi connectivity index (χ0v) is 15.0. The van der Waals surface area contributed by atoms with Gasteiger partial charge < -0.3 is 0 Å². The molecule has 1 saturated carbocycles. The molecule has 0 unspecified atom stereocenters.